The Bertz CT molecular complexity index is 381. The molecule has 16 heavy (non-hydrogen) atoms. The summed E-state index contributed by atoms with van der Waals surface area (Å²) in [6, 6.07) is 0. The van der Waals surface area contributed by atoms with Gasteiger partial charge in [-0.1, -0.05) is 0 Å². The van der Waals surface area contributed by atoms with Gasteiger partial charge in [-0.3, -0.25) is 0 Å². The van der Waals surface area contributed by atoms with Crippen molar-refractivity contribution >= 4 is 23.2 Å². The van der Waals surface area contributed by atoms with E-state index < -0.39 is 17.4 Å². The average Bonchev–Trinajstić information content (AvgIpc) is 2.18. The molecule has 0 aliphatic heterocycles. The fourth-order valence-electron chi connectivity index (χ4n) is 0.674. The highest BCUT2D eigenvalue weighted by Gasteiger charge is 2.31. The van der Waals surface area contributed by atoms with Crippen molar-refractivity contribution in [3.63, 3.8) is 0 Å². The molecule has 0 aliphatic carbocycles. The Kier molecular flexibility index (Phi) is 6.20. The fourth-order valence-corrected chi connectivity index (χ4v) is 0.674. The van der Waals surface area contributed by atoms with Crippen LogP contribution in [0.1, 0.15) is 5.56 Å². The van der Waals surface area contributed by atoms with Crippen molar-refractivity contribution in [2.45, 2.75) is 6.18 Å². The molecule has 0 spiro atoms. The molecule has 1 rings (SSSR count). The summed E-state index contributed by atoms with van der Waals surface area (Å²) in [5, 5.41) is 0.194. The van der Waals surface area contributed by atoms with Crippen LogP contribution in [0.25, 0.3) is 0 Å². The fraction of sp³-hybridized carbons (Fsp3) is 0.429. The molecule has 0 N–H and O–H groups in total. The van der Waals surface area contributed by atoms with E-state index in [1.807, 2.05) is 0 Å². The van der Waals surface area contributed by atoms with Gasteiger partial charge in [-0.2, -0.15) is 18.2 Å². The van der Waals surface area contributed by atoms with E-state index in [0.29, 0.717) is 17.1 Å². The van der Waals surface area contributed by atoms with E-state index >= 15 is 0 Å². The van der Waals surface area contributed by atoms with Crippen LogP contribution in [0.3, 0.4) is 0 Å². The number of alkyl halides is 5. The maximum atomic E-state index is 12.0. The van der Waals surface area contributed by atoms with E-state index in [4.69, 9.17) is 23.2 Å². The summed E-state index contributed by atoms with van der Waals surface area (Å²) in [5.74, 6) is 0. The molecule has 4 nitrogen and oxygen atoms in total. The van der Waals surface area contributed by atoms with Gasteiger partial charge in [0.2, 0.25) is 0 Å². The van der Waals surface area contributed by atoms with E-state index in [1.54, 1.807) is 0 Å². The molecule has 0 saturated carbocycles. The number of rotatable bonds is 1. The molecule has 1 aromatic rings. The second kappa shape index (κ2) is 6.59. The summed E-state index contributed by atoms with van der Waals surface area (Å²) in [6.07, 6.45) is -3.53. The zero-order valence-corrected chi connectivity index (χ0v) is 9.47. The van der Waals surface area contributed by atoms with E-state index in [0.717, 1.165) is 7.11 Å². The molecule has 0 bridgehead atoms. The smallest absolute Gasteiger partial charge is 0.413 e. The SMILES string of the molecule is COn1cc(C(F)(F)F)cnc1=O.ClCCl. The van der Waals surface area contributed by atoms with Crippen LogP contribution >= 0.6 is 23.2 Å². The largest absolute Gasteiger partial charge is 0.419 e. The van der Waals surface area contributed by atoms with E-state index in [-0.39, 0.29) is 5.34 Å². The molecular weight excluding hydrogens is 272 g/mol. The molecule has 1 heterocycles. The highest BCUT2D eigenvalue weighted by Crippen LogP contribution is 2.27. The van der Waals surface area contributed by atoms with Crippen LogP contribution in [0, 0.1) is 0 Å². The van der Waals surface area contributed by atoms with Crippen LogP contribution in [-0.2, 0) is 6.18 Å². The van der Waals surface area contributed by atoms with Crippen molar-refractivity contribution in [1.82, 2.24) is 9.71 Å². The van der Waals surface area contributed by atoms with Gasteiger partial charge >= 0.3 is 11.9 Å². The van der Waals surface area contributed by atoms with Crippen LogP contribution in [0.15, 0.2) is 17.2 Å². The molecule has 0 aromatic carbocycles. The van der Waals surface area contributed by atoms with Gasteiger partial charge < -0.3 is 4.84 Å². The average molecular weight is 279 g/mol. The quantitative estimate of drug-likeness (QED) is 0.735. The lowest BCUT2D eigenvalue weighted by atomic mass is 10.3. The van der Waals surface area contributed by atoms with Crippen molar-refractivity contribution < 1.29 is 18.0 Å². The maximum Gasteiger partial charge on any atom is 0.419 e. The predicted octanol–water partition coefficient (Wildman–Crippen LogP) is 1.74. The van der Waals surface area contributed by atoms with Gasteiger partial charge in [-0.15, -0.1) is 27.9 Å². The zero-order valence-electron chi connectivity index (χ0n) is 7.96. The van der Waals surface area contributed by atoms with E-state index in [9.17, 15) is 18.0 Å². The van der Waals surface area contributed by atoms with E-state index in [2.05, 4.69) is 9.82 Å². The third-order valence-electron chi connectivity index (χ3n) is 1.28. The number of hydrogen-bond donors (Lipinski definition) is 0. The summed E-state index contributed by atoms with van der Waals surface area (Å²) in [4.78, 5) is 18.0. The number of halogens is 5. The number of nitrogens with zero attached hydrogens (tertiary/aromatic N) is 2. The summed E-state index contributed by atoms with van der Waals surface area (Å²) < 4.78 is 36.5. The predicted molar refractivity (Wildman–Crippen MR) is 52.6 cm³/mol. The molecule has 0 amide bonds. The highest BCUT2D eigenvalue weighted by atomic mass is 35.5. The van der Waals surface area contributed by atoms with Crippen molar-refractivity contribution in [3.05, 3.63) is 28.4 Å². The van der Waals surface area contributed by atoms with Crippen molar-refractivity contribution in [2.75, 3.05) is 12.4 Å². The van der Waals surface area contributed by atoms with Crippen LogP contribution in [-0.4, -0.2) is 22.2 Å². The van der Waals surface area contributed by atoms with Gasteiger partial charge in [0.1, 0.15) is 7.11 Å². The molecule has 0 radical (unpaired) electrons. The van der Waals surface area contributed by atoms with Crippen LogP contribution in [0.4, 0.5) is 13.2 Å². The van der Waals surface area contributed by atoms with Crippen molar-refractivity contribution in [1.29, 1.82) is 0 Å². The number of aromatic nitrogens is 2. The lowest BCUT2D eigenvalue weighted by Gasteiger charge is -2.07. The molecule has 9 heteroatoms. The first-order chi connectivity index (χ1) is 7.36. The molecule has 1 aromatic heterocycles. The summed E-state index contributed by atoms with van der Waals surface area (Å²) in [7, 11) is 1.07. The Morgan fingerprint density at radius 2 is 2.00 bits per heavy atom. The molecule has 0 atom stereocenters. The summed E-state index contributed by atoms with van der Waals surface area (Å²) in [5.41, 5.74) is -1.93. The minimum absolute atomic E-state index is 0.194. The summed E-state index contributed by atoms with van der Waals surface area (Å²) in [6.45, 7) is 0. The first kappa shape index (κ1) is 15.0. The van der Waals surface area contributed by atoms with E-state index in [1.165, 1.54) is 0 Å². The third-order valence-corrected chi connectivity index (χ3v) is 1.28. The second-order valence-electron chi connectivity index (χ2n) is 2.23. The van der Waals surface area contributed by atoms with Gasteiger partial charge in [0, 0.05) is 6.20 Å². The summed E-state index contributed by atoms with van der Waals surface area (Å²) >= 11 is 9.53. The Labute approximate surface area is 98.5 Å². The minimum atomic E-state index is -4.53. The standard InChI is InChI=1S/C6H5F3N2O2.CH2Cl2/c1-13-11-3-4(6(7,8)9)2-10-5(11)12;2-1-3/h2-3H,1H3;1H2. The maximum absolute atomic E-state index is 12.0. The first-order valence-electron chi connectivity index (χ1n) is 3.69. The van der Waals surface area contributed by atoms with Gasteiger partial charge in [-0.05, 0) is 0 Å². The van der Waals surface area contributed by atoms with Gasteiger partial charge in [-0.25, -0.2) is 4.79 Å². The van der Waals surface area contributed by atoms with Crippen LogP contribution < -0.4 is 10.5 Å². The molecule has 0 saturated heterocycles. The Morgan fingerprint density at radius 3 is 2.38 bits per heavy atom. The molecule has 0 unspecified atom stereocenters. The molecular formula is C7H7Cl2F3N2O2. The first-order valence-corrected chi connectivity index (χ1v) is 4.76. The van der Waals surface area contributed by atoms with Crippen LogP contribution in [0.2, 0.25) is 0 Å². The normalized spacial score (nSPS) is 10.4. The Morgan fingerprint density at radius 1 is 1.50 bits per heavy atom. The Balaban J connectivity index is 0.000000673. The van der Waals surface area contributed by atoms with Gasteiger partial charge in [0.25, 0.3) is 0 Å². The highest BCUT2D eigenvalue weighted by molar-refractivity contribution is 6.40. The van der Waals surface area contributed by atoms with Crippen molar-refractivity contribution in [2.24, 2.45) is 0 Å². The Hall–Kier alpha value is -0.950. The number of hydrogen-bond acceptors (Lipinski definition) is 3. The van der Waals surface area contributed by atoms with Gasteiger partial charge in [0.15, 0.2) is 0 Å². The lowest BCUT2D eigenvalue weighted by molar-refractivity contribution is -0.139. The second-order valence-corrected chi connectivity index (χ2v) is 3.04. The monoisotopic (exact) mass is 278 g/mol. The molecule has 92 valence electrons. The minimum Gasteiger partial charge on any atom is -0.413 e. The van der Waals surface area contributed by atoms with Crippen LogP contribution in [0.5, 0.6) is 0 Å². The lowest BCUT2D eigenvalue weighted by Crippen LogP contribution is -2.28. The zero-order chi connectivity index (χ0) is 12.8. The topological polar surface area (TPSA) is 44.1 Å². The van der Waals surface area contributed by atoms with Gasteiger partial charge in [0.05, 0.1) is 17.1 Å². The molecule has 0 fully saturated rings. The van der Waals surface area contributed by atoms with Crippen molar-refractivity contribution in [3.8, 4) is 0 Å². The third kappa shape index (κ3) is 4.71. The molecule has 0 aliphatic rings.